The van der Waals surface area contributed by atoms with E-state index >= 15 is 0 Å². The van der Waals surface area contributed by atoms with E-state index in [0.29, 0.717) is 0 Å². The molecular formula is C14H11BrClFO. The molecule has 2 rings (SSSR count). The second-order valence-corrected chi connectivity index (χ2v) is 5.10. The van der Waals surface area contributed by atoms with Gasteiger partial charge in [0.15, 0.2) is 0 Å². The Hall–Kier alpha value is -1.06. The minimum Gasteiger partial charge on any atom is -0.496 e. The van der Waals surface area contributed by atoms with Crippen LogP contribution in [0.1, 0.15) is 16.5 Å². The molecule has 0 amide bonds. The van der Waals surface area contributed by atoms with Crippen LogP contribution in [0.15, 0.2) is 46.9 Å². The molecule has 0 fully saturated rings. The molecule has 18 heavy (non-hydrogen) atoms. The Morgan fingerprint density at radius 1 is 1.11 bits per heavy atom. The molecule has 2 aromatic rings. The SMILES string of the molecule is COc1ccc(C(Cl)c2ccc(F)cc2)cc1Br. The molecule has 0 aliphatic carbocycles. The topological polar surface area (TPSA) is 9.23 Å². The van der Waals surface area contributed by atoms with E-state index in [1.54, 1.807) is 19.2 Å². The second-order valence-electron chi connectivity index (χ2n) is 3.81. The summed E-state index contributed by atoms with van der Waals surface area (Å²) in [5.41, 5.74) is 1.78. The van der Waals surface area contributed by atoms with Crippen LogP contribution in [0.2, 0.25) is 0 Å². The van der Waals surface area contributed by atoms with Gasteiger partial charge in [0.2, 0.25) is 0 Å². The average molecular weight is 330 g/mol. The van der Waals surface area contributed by atoms with Gasteiger partial charge >= 0.3 is 0 Å². The van der Waals surface area contributed by atoms with Crippen molar-refractivity contribution in [3.63, 3.8) is 0 Å². The van der Waals surface area contributed by atoms with Crippen molar-refractivity contribution in [1.29, 1.82) is 0 Å². The van der Waals surface area contributed by atoms with Crippen molar-refractivity contribution in [3.05, 3.63) is 63.9 Å². The Balaban J connectivity index is 2.31. The summed E-state index contributed by atoms with van der Waals surface area (Å²) in [5.74, 6) is 0.486. The third-order valence-electron chi connectivity index (χ3n) is 2.63. The Kier molecular flexibility index (Phi) is 4.25. The fourth-order valence-electron chi connectivity index (χ4n) is 1.66. The van der Waals surface area contributed by atoms with Crippen LogP contribution in [-0.2, 0) is 0 Å². The number of hydrogen-bond acceptors (Lipinski definition) is 1. The number of methoxy groups -OCH3 is 1. The molecule has 0 heterocycles. The summed E-state index contributed by atoms with van der Waals surface area (Å²) in [5, 5.41) is -0.312. The summed E-state index contributed by atoms with van der Waals surface area (Å²) in [7, 11) is 1.61. The lowest BCUT2D eigenvalue weighted by Crippen LogP contribution is -1.94. The van der Waals surface area contributed by atoms with Gasteiger partial charge in [-0.15, -0.1) is 11.6 Å². The number of benzene rings is 2. The summed E-state index contributed by atoms with van der Waals surface area (Å²) in [6.07, 6.45) is 0. The fraction of sp³-hybridized carbons (Fsp3) is 0.143. The summed E-state index contributed by atoms with van der Waals surface area (Å²) >= 11 is 9.78. The number of hydrogen-bond donors (Lipinski definition) is 0. The highest BCUT2D eigenvalue weighted by molar-refractivity contribution is 9.10. The van der Waals surface area contributed by atoms with Crippen LogP contribution in [0.4, 0.5) is 4.39 Å². The first-order valence-corrected chi connectivity index (χ1v) is 6.57. The highest BCUT2D eigenvalue weighted by Crippen LogP contribution is 2.34. The minimum absolute atomic E-state index is 0.265. The van der Waals surface area contributed by atoms with E-state index in [0.717, 1.165) is 21.3 Å². The van der Waals surface area contributed by atoms with Gasteiger partial charge in [0.25, 0.3) is 0 Å². The van der Waals surface area contributed by atoms with Crippen molar-refractivity contribution >= 4 is 27.5 Å². The third kappa shape index (κ3) is 2.85. The van der Waals surface area contributed by atoms with Crippen molar-refractivity contribution in [2.45, 2.75) is 5.38 Å². The van der Waals surface area contributed by atoms with Gasteiger partial charge in [0.05, 0.1) is 17.0 Å². The minimum atomic E-state index is -0.312. The maximum absolute atomic E-state index is 12.8. The standard InChI is InChI=1S/C14H11BrClFO/c1-18-13-7-4-10(8-12(13)15)14(16)9-2-5-11(17)6-3-9/h2-8,14H,1H3. The van der Waals surface area contributed by atoms with Gasteiger partial charge in [-0.3, -0.25) is 0 Å². The van der Waals surface area contributed by atoms with Crippen LogP contribution >= 0.6 is 27.5 Å². The number of ether oxygens (including phenoxy) is 1. The lowest BCUT2D eigenvalue weighted by atomic mass is 10.0. The summed E-state index contributed by atoms with van der Waals surface area (Å²) < 4.78 is 18.9. The molecule has 1 unspecified atom stereocenters. The molecule has 0 saturated carbocycles. The van der Waals surface area contributed by atoms with Crippen LogP contribution in [0.5, 0.6) is 5.75 Å². The van der Waals surface area contributed by atoms with E-state index in [4.69, 9.17) is 16.3 Å². The molecule has 0 bridgehead atoms. The van der Waals surface area contributed by atoms with Gasteiger partial charge in [-0.05, 0) is 51.3 Å². The summed E-state index contributed by atoms with van der Waals surface area (Å²) in [6, 6.07) is 11.8. The number of rotatable bonds is 3. The van der Waals surface area contributed by atoms with Gasteiger partial charge in [0, 0.05) is 0 Å². The smallest absolute Gasteiger partial charge is 0.133 e. The quantitative estimate of drug-likeness (QED) is 0.726. The van der Waals surface area contributed by atoms with Crippen LogP contribution in [0, 0.1) is 5.82 Å². The van der Waals surface area contributed by atoms with Gasteiger partial charge in [-0.1, -0.05) is 18.2 Å². The van der Waals surface area contributed by atoms with Gasteiger partial charge in [0.1, 0.15) is 11.6 Å². The van der Waals surface area contributed by atoms with Crippen LogP contribution < -0.4 is 4.74 Å². The van der Waals surface area contributed by atoms with E-state index in [1.807, 2.05) is 18.2 Å². The summed E-state index contributed by atoms with van der Waals surface area (Å²) in [4.78, 5) is 0. The largest absolute Gasteiger partial charge is 0.496 e. The zero-order valence-electron chi connectivity index (χ0n) is 9.66. The molecule has 1 nitrogen and oxygen atoms in total. The zero-order valence-corrected chi connectivity index (χ0v) is 12.0. The molecular weight excluding hydrogens is 319 g/mol. The molecule has 2 aromatic carbocycles. The normalized spacial score (nSPS) is 12.2. The molecule has 0 N–H and O–H groups in total. The first kappa shape index (κ1) is 13.4. The zero-order chi connectivity index (χ0) is 13.1. The molecule has 0 spiro atoms. The second kappa shape index (κ2) is 5.72. The van der Waals surface area contributed by atoms with Crippen molar-refractivity contribution in [2.24, 2.45) is 0 Å². The first-order chi connectivity index (χ1) is 8.61. The predicted octanol–water partition coefficient (Wildman–Crippen LogP) is 4.93. The molecule has 0 aromatic heterocycles. The van der Waals surface area contributed by atoms with Crippen LogP contribution in [0.25, 0.3) is 0 Å². The lowest BCUT2D eigenvalue weighted by Gasteiger charge is -2.12. The van der Waals surface area contributed by atoms with E-state index in [9.17, 15) is 4.39 Å². The molecule has 0 radical (unpaired) electrons. The van der Waals surface area contributed by atoms with Gasteiger partial charge in [-0.2, -0.15) is 0 Å². The molecule has 0 saturated heterocycles. The van der Waals surface area contributed by atoms with E-state index in [-0.39, 0.29) is 11.2 Å². The van der Waals surface area contributed by atoms with E-state index < -0.39 is 0 Å². The Bertz CT molecular complexity index is 542. The Labute approximate surface area is 119 Å². The molecule has 0 aliphatic heterocycles. The first-order valence-electron chi connectivity index (χ1n) is 5.35. The highest BCUT2D eigenvalue weighted by atomic mass is 79.9. The third-order valence-corrected chi connectivity index (χ3v) is 3.75. The average Bonchev–Trinajstić information content (AvgIpc) is 2.38. The number of halogens is 3. The van der Waals surface area contributed by atoms with Crippen LogP contribution in [0.3, 0.4) is 0 Å². The molecule has 94 valence electrons. The van der Waals surface area contributed by atoms with Gasteiger partial charge in [-0.25, -0.2) is 4.39 Å². The lowest BCUT2D eigenvalue weighted by molar-refractivity contribution is 0.412. The molecule has 0 aliphatic rings. The van der Waals surface area contributed by atoms with E-state index in [2.05, 4.69) is 15.9 Å². The number of alkyl halides is 1. The van der Waals surface area contributed by atoms with Gasteiger partial charge < -0.3 is 4.74 Å². The Morgan fingerprint density at radius 2 is 1.72 bits per heavy atom. The predicted molar refractivity (Wildman–Crippen MR) is 74.8 cm³/mol. The summed E-state index contributed by atoms with van der Waals surface area (Å²) in [6.45, 7) is 0. The van der Waals surface area contributed by atoms with Crippen molar-refractivity contribution in [3.8, 4) is 5.75 Å². The highest BCUT2D eigenvalue weighted by Gasteiger charge is 2.12. The molecule has 1 atom stereocenters. The maximum Gasteiger partial charge on any atom is 0.133 e. The van der Waals surface area contributed by atoms with Crippen molar-refractivity contribution in [1.82, 2.24) is 0 Å². The molecule has 4 heteroatoms. The van der Waals surface area contributed by atoms with Crippen molar-refractivity contribution in [2.75, 3.05) is 7.11 Å². The van der Waals surface area contributed by atoms with Crippen molar-refractivity contribution < 1.29 is 9.13 Å². The fourth-order valence-corrected chi connectivity index (χ4v) is 2.50. The van der Waals surface area contributed by atoms with Crippen LogP contribution in [-0.4, -0.2) is 7.11 Å². The monoisotopic (exact) mass is 328 g/mol. The van der Waals surface area contributed by atoms with E-state index in [1.165, 1.54) is 12.1 Å². The Morgan fingerprint density at radius 3 is 2.28 bits per heavy atom. The maximum atomic E-state index is 12.8.